The monoisotopic (exact) mass is 368 g/mol. The summed E-state index contributed by atoms with van der Waals surface area (Å²) < 4.78 is 34.6. The van der Waals surface area contributed by atoms with Crippen molar-refractivity contribution in [3.63, 3.8) is 0 Å². The van der Waals surface area contributed by atoms with Gasteiger partial charge < -0.3 is 14.8 Å². The minimum absolute atomic E-state index is 0.00629. The molecule has 1 amide bonds. The van der Waals surface area contributed by atoms with Crippen LogP contribution in [0, 0.1) is 0 Å². The zero-order valence-electron chi connectivity index (χ0n) is 14.9. The van der Waals surface area contributed by atoms with Crippen molar-refractivity contribution in [1.82, 2.24) is 10.2 Å². The SMILES string of the molecule is O=C(NCC1(N2CCOCC2)CCCCC1)c1cccc(OC(F)F)c1. The van der Waals surface area contributed by atoms with Crippen LogP contribution in [0.3, 0.4) is 0 Å². The van der Waals surface area contributed by atoms with E-state index >= 15 is 0 Å². The average Bonchev–Trinajstić information content (AvgIpc) is 2.67. The van der Waals surface area contributed by atoms with Gasteiger partial charge in [-0.15, -0.1) is 0 Å². The predicted molar refractivity (Wildman–Crippen MR) is 93.6 cm³/mol. The Kier molecular flexibility index (Phi) is 6.43. The number of hydrogen-bond donors (Lipinski definition) is 1. The number of carbonyl (C=O) groups excluding carboxylic acids is 1. The maximum Gasteiger partial charge on any atom is 0.387 e. The third-order valence-electron chi connectivity index (χ3n) is 5.37. The Morgan fingerprint density at radius 2 is 1.96 bits per heavy atom. The molecule has 144 valence electrons. The molecule has 0 unspecified atom stereocenters. The lowest BCUT2D eigenvalue weighted by atomic mass is 9.79. The first-order valence-electron chi connectivity index (χ1n) is 9.25. The maximum atomic E-state index is 12.6. The summed E-state index contributed by atoms with van der Waals surface area (Å²) in [4.78, 5) is 15.0. The fraction of sp³-hybridized carbons (Fsp3) is 0.632. The van der Waals surface area contributed by atoms with Crippen molar-refractivity contribution < 1.29 is 23.0 Å². The summed E-state index contributed by atoms with van der Waals surface area (Å²) in [6.07, 6.45) is 5.66. The van der Waals surface area contributed by atoms with E-state index in [1.165, 1.54) is 18.6 Å². The molecule has 1 N–H and O–H groups in total. The number of halogens is 2. The fourth-order valence-electron chi connectivity index (χ4n) is 4.01. The molecule has 26 heavy (non-hydrogen) atoms. The topological polar surface area (TPSA) is 50.8 Å². The summed E-state index contributed by atoms with van der Waals surface area (Å²) in [5.74, 6) is -0.267. The fourth-order valence-corrected chi connectivity index (χ4v) is 4.01. The van der Waals surface area contributed by atoms with Gasteiger partial charge in [-0.2, -0.15) is 8.78 Å². The third kappa shape index (κ3) is 4.71. The highest BCUT2D eigenvalue weighted by molar-refractivity contribution is 5.94. The molecule has 1 aromatic carbocycles. The number of benzene rings is 1. The van der Waals surface area contributed by atoms with Gasteiger partial charge in [0, 0.05) is 30.7 Å². The summed E-state index contributed by atoms with van der Waals surface area (Å²) in [5, 5.41) is 3.02. The van der Waals surface area contributed by atoms with E-state index in [0.717, 1.165) is 52.0 Å². The second kappa shape index (κ2) is 8.77. The number of hydrogen-bond acceptors (Lipinski definition) is 4. The highest BCUT2D eigenvalue weighted by Crippen LogP contribution is 2.34. The molecular weight excluding hydrogens is 342 g/mol. The number of nitrogens with zero attached hydrogens (tertiary/aromatic N) is 1. The highest BCUT2D eigenvalue weighted by atomic mass is 19.3. The second-order valence-electron chi connectivity index (χ2n) is 6.97. The third-order valence-corrected chi connectivity index (χ3v) is 5.37. The Bertz CT molecular complexity index is 600. The Morgan fingerprint density at radius 3 is 2.65 bits per heavy atom. The van der Waals surface area contributed by atoms with Crippen LogP contribution in [0.25, 0.3) is 0 Å². The molecule has 0 atom stereocenters. The van der Waals surface area contributed by atoms with Crippen molar-refractivity contribution in [2.75, 3.05) is 32.8 Å². The first-order valence-corrected chi connectivity index (χ1v) is 9.25. The number of carbonyl (C=O) groups is 1. The van der Waals surface area contributed by atoms with Crippen LogP contribution in [-0.2, 0) is 4.74 Å². The lowest BCUT2D eigenvalue weighted by molar-refractivity contribution is -0.0499. The van der Waals surface area contributed by atoms with E-state index in [2.05, 4.69) is 15.0 Å². The van der Waals surface area contributed by atoms with Gasteiger partial charge in [-0.1, -0.05) is 25.3 Å². The van der Waals surface area contributed by atoms with E-state index in [0.29, 0.717) is 12.1 Å². The minimum Gasteiger partial charge on any atom is -0.435 e. The van der Waals surface area contributed by atoms with Gasteiger partial charge in [-0.05, 0) is 31.0 Å². The summed E-state index contributed by atoms with van der Waals surface area (Å²) in [6, 6.07) is 5.92. The Morgan fingerprint density at radius 1 is 1.23 bits per heavy atom. The van der Waals surface area contributed by atoms with Gasteiger partial charge >= 0.3 is 6.61 Å². The molecule has 7 heteroatoms. The lowest BCUT2D eigenvalue weighted by Gasteiger charge is -2.48. The van der Waals surface area contributed by atoms with Crippen molar-refractivity contribution in [2.45, 2.75) is 44.3 Å². The lowest BCUT2D eigenvalue weighted by Crippen LogP contribution is -2.59. The predicted octanol–water partition coefficient (Wildman–Crippen LogP) is 3.05. The first kappa shape index (κ1) is 19.0. The van der Waals surface area contributed by atoms with Gasteiger partial charge in [0.15, 0.2) is 0 Å². The van der Waals surface area contributed by atoms with E-state index < -0.39 is 6.61 Å². The van der Waals surface area contributed by atoms with Crippen molar-refractivity contribution in [2.24, 2.45) is 0 Å². The zero-order chi connectivity index (χ0) is 18.4. The molecule has 1 heterocycles. The smallest absolute Gasteiger partial charge is 0.387 e. The Labute approximate surface area is 152 Å². The summed E-state index contributed by atoms with van der Waals surface area (Å²) >= 11 is 0. The van der Waals surface area contributed by atoms with Gasteiger partial charge in [0.25, 0.3) is 5.91 Å². The number of morpholine rings is 1. The van der Waals surface area contributed by atoms with Gasteiger partial charge in [-0.25, -0.2) is 0 Å². The van der Waals surface area contributed by atoms with Crippen LogP contribution < -0.4 is 10.1 Å². The normalized spacial score (nSPS) is 20.7. The summed E-state index contributed by atoms with van der Waals surface area (Å²) in [7, 11) is 0. The number of ether oxygens (including phenoxy) is 2. The van der Waals surface area contributed by atoms with Crippen LogP contribution >= 0.6 is 0 Å². The molecule has 5 nitrogen and oxygen atoms in total. The Hall–Kier alpha value is -1.73. The molecule has 2 aliphatic rings. The van der Waals surface area contributed by atoms with E-state index in [1.54, 1.807) is 12.1 Å². The van der Waals surface area contributed by atoms with Crippen LogP contribution in [-0.4, -0.2) is 55.8 Å². The van der Waals surface area contributed by atoms with E-state index in [4.69, 9.17) is 4.74 Å². The van der Waals surface area contributed by atoms with E-state index in [9.17, 15) is 13.6 Å². The zero-order valence-corrected chi connectivity index (χ0v) is 14.9. The molecule has 0 spiro atoms. The quantitative estimate of drug-likeness (QED) is 0.839. The molecule has 3 rings (SSSR count). The molecule has 2 fully saturated rings. The van der Waals surface area contributed by atoms with Crippen molar-refractivity contribution in [3.8, 4) is 5.75 Å². The van der Waals surface area contributed by atoms with Crippen LogP contribution in [0.15, 0.2) is 24.3 Å². The van der Waals surface area contributed by atoms with Gasteiger partial charge in [0.1, 0.15) is 5.75 Å². The standard InChI is InChI=1S/C19H26F2N2O3/c20-18(21)26-16-6-4-5-15(13-16)17(24)22-14-19(7-2-1-3-8-19)23-9-11-25-12-10-23/h4-6,13,18H,1-3,7-12,14H2,(H,22,24). The number of alkyl halides is 2. The molecular formula is C19H26F2N2O3. The summed E-state index contributed by atoms with van der Waals surface area (Å²) in [5.41, 5.74) is 0.297. The Balaban J connectivity index is 1.65. The highest BCUT2D eigenvalue weighted by Gasteiger charge is 2.38. The van der Waals surface area contributed by atoms with Crippen molar-refractivity contribution in [3.05, 3.63) is 29.8 Å². The first-order chi connectivity index (χ1) is 12.6. The molecule has 1 saturated heterocycles. The van der Waals surface area contributed by atoms with Crippen LogP contribution in [0.1, 0.15) is 42.5 Å². The van der Waals surface area contributed by atoms with Crippen LogP contribution in [0.5, 0.6) is 5.75 Å². The average molecular weight is 368 g/mol. The van der Waals surface area contributed by atoms with Crippen molar-refractivity contribution >= 4 is 5.91 Å². The largest absolute Gasteiger partial charge is 0.435 e. The second-order valence-corrected chi connectivity index (χ2v) is 6.97. The molecule has 0 bridgehead atoms. The van der Waals surface area contributed by atoms with Gasteiger partial charge in [0.05, 0.1) is 13.2 Å². The molecule has 1 saturated carbocycles. The number of rotatable bonds is 6. The minimum atomic E-state index is -2.90. The molecule has 0 radical (unpaired) electrons. The number of nitrogens with one attached hydrogen (secondary N) is 1. The molecule has 1 aliphatic heterocycles. The summed E-state index contributed by atoms with van der Waals surface area (Å²) in [6.45, 7) is 0.873. The van der Waals surface area contributed by atoms with Gasteiger partial charge in [0.2, 0.25) is 0 Å². The van der Waals surface area contributed by atoms with Gasteiger partial charge in [-0.3, -0.25) is 9.69 Å². The van der Waals surface area contributed by atoms with Crippen LogP contribution in [0.4, 0.5) is 8.78 Å². The molecule has 1 aromatic rings. The van der Waals surface area contributed by atoms with Crippen molar-refractivity contribution in [1.29, 1.82) is 0 Å². The molecule has 1 aliphatic carbocycles. The van der Waals surface area contributed by atoms with Crippen LogP contribution in [0.2, 0.25) is 0 Å². The van der Waals surface area contributed by atoms with E-state index in [-0.39, 0.29) is 17.2 Å². The van der Waals surface area contributed by atoms with E-state index in [1.807, 2.05) is 0 Å². The number of amides is 1. The maximum absolute atomic E-state index is 12.6. The molecule has 0 aromatic heterocycles.